The Labute approximate surface area is 218 Å². The number of unbranched alkanes of at least 4 members (excludes halogenated alkanes) is 6. The van der Waals surface area contributed by atoms with Crippen LogP contribution in [0.3, 0.4) is 0 Å². The van der Waals surface area contributed by atoms with Crippen molar-refractivity contribution in [3.05, 3.63) is 51.2 Å². The Balaban J connectivity index is 2.33. The lowest BCUT2D eigenvalue weighted by atomic mass is 9.75. The molecule has 1 aromatic carbocycles. The summed E-state index contributed by atoms with van der Waals surface area (Å²) in [5.74, 6) is -3.86. The molecule has 0 saturated heterocycles. The Bertz CT molecular complexity index is 988. The molecule has 1 aromatic rings. The van der Waals surface area contributed by atoms with Crippen molar-refractivity contribution in [3.8, 4) is 0 Å². The standard InChI is InChI=1S/C27H38N2O8/c1-5-7-9-13-17-34-36-26(30)23-19(3)28-20(4)24(27(31)37-35-18-14-10-8-6-2)25(23)21-15-11-12-16-22(21)29(32)33/h11-12,15-16,23,25H,5-10,13-14,17-18H2,1-4H3. The number of nitro benzene ring substituents is 1. The highest BCUT2D eigenvalue weighted by atomic mass is 17.2. The predicted molar refractivity (Wildman–Crippen MR) is 138 cm³/mol. The molecular weight excluding hydrogens is 480 g/mol. The third-order valence-electron chi connectivity index (χ3n) is 6.21. The number of hydrogen-bond donors (Lipinski definition) is 0. The van der Waals surface area contributed by atoms with Gasteiger partial charge >= 0.3 is 11.9 Å². The molecule has 0 aromatic heterocycles. The molecule has 10 heteroatoms. The average Bonchev–Trinajstić information content (AvgIpc) is 2.87. The first-order valence-electron chi connectivity index (χ1n) is 13.0. The van der Waals surface area contributed by atoms with Gasteiger partial charge in [0.15, 0.2) is 0 Å². The monoisotopic (exact) mass is 518 g/mol. The van der Waals surface area contributed by atoms with Crippen LogP contribution in [0.2, 0.25) is 0 Å². The predicted octanol–water partition coefficient (Wildman–Crippen LogP) is 6.15. The second-order valence-corrected chi connectivity index (χ2v) is 9.06. The zero-order chi connectivity index (χ0) is 27.2. The van der Waals surface area contributed by atoms with Gasteiger partial charge in [-0.3, -0.25) is 24.9 Å². The van der Waals surface area contributed by atoms with Crippen molar-refractivity contribution >= 4 is 23.3 Å². The van der Waals surface area contributed by atoms with Crippen molar-refractivity contribution in [1.29, 1.82) is 0 Å². The molecule has 204 valence electrons. The molecule has 0 spiro atoms. The van der Waals surface area contributed by atoms with Crippen molar-refractivity contribution in [3.63, 3.8) is 0 Å². The molecular formula is C27H38N2O8. The molecule has 1 aliphatic heterocycles. The summed E-state index contributed by atoms with van der Waals surface area (Å²) in [4.78, 5) is 62.5. The zero-order valence-electron chi connectivity index (χ0n) is 22.2. The fourth-order valence-electron chi connectivity index (χ4n) is 4.33. The molecule has 0 amide bonds. The van der Waals surface area contributed by atoms with Gasteiger partial charge in [-0.2, -0.15) is 9.78 Å². The molecule has 1 heterocycles. The summed E-state index contributed by atoms with van der Waals surface area (Å²) in [6, 6.07) is 5.97. The number of carbonyl (C=O) groups excluding carboxylic acids is 2. The summed E-state index contributed by atoms with van der Waals surface area (Å²) in [5.41, 5.74) is 0.556. The van der Waals surface area contributed by atoms with E-state index in [-0.39, 0.29) is 35.7 Å². The number of allylic oxidation sites excluding steroid dienone is 1. The van der Waals surface area contributed by atoms with E-state index in [4.69, 9.17) is 19.6 Å². The van der Waals surface area contributed by atoms with Gasteiger partial charge in [-0.1, -0.05) is 70.6 Å². The maximum Gasteiger partial charge on any atom is 0.371 e. The van der Waals surface area contributed by atoms with Gasteiger partial charge in [0.05, 0.1) is 23.7 Å². The molecule has 0 N–H and O–H groups in total. The molecule has 0 bridgehead atoms. The highest BCUT2D eigenvalue weighted by Gasteiger charge is 2.45. The molecule has 37 heavy (non-hydrogen) atoms. The van der Waals surface area contributed by atoms with Crippen LogP contribution in [0.15, 0.2) is 40.5 Å². The second-order valence-electron chi connectivity index (χ2n) is 9.06. The summed E-state index contributed by atoms with van der Waals surface area (Å²) in [6.07, 6.45) is 7.51. The maximum absolute atomic E-state index is 13.2. The van der Waals surface area contributed by atoms with Gasteiger partial charge in [0, 0.05) is 29.0 Å². The maximum atomic E-state index is 13.2. The minimum Gasteiger partial charge on any atom is -0.298 e. The molecule has 0 aliphatic carbocycles. The topological polar surface area (TPSA) is 127 Å². The van der Waals surface area contributed by atoms with E-state index in [1.54, 1.807) is 19.9 Å². The fraction of sp³-hybridized carbons (Fsp3) is 0.593. The van der Waals surface area contributed by atoms with E-state index in [0.717, 1.165) is 44.9 Å². The average molecular weight is 519 g/mol. The third-order valence-corrected chi connectivity index (χ3v) is 6.21. The Morgan fingerprint density at radius 2 is 1.51 bits per heavy atom. The molecule has 0 fully saturated rings. The van der Waals surface area contributed by atoms with Crippen molar-refractivity contribution in [2.45, 2.75) is 85.0 Å². The summed E-state index contributed by atoms with van der Waals surface area (Å²) in [7, 11) is 0. The number of hydrogen-bond acceptors (Lipinski definition) is 9. The van der Waals surface area contributed by atoms with Gasteiger partial charge in [-0.05, 0) is 26.7 Å². The number of nitrogens with zero attached hydrogens (tertiary/aromatic N) is 2. The van der Waals surface area contributed by atoms with Gasteiger partial charge in [0.25, 0.3) is 5.69 Å². The fourth-order valence-corrected chi connectivity index (χ4v) is 4.33. The zero-order valence-corrected chi connectivity index (χ0v) is 22.2. The van der Waals surface area contributed by atoms with E-state index in [9.17, 15) is 19.7 Å². The SMILES string of the molecule is CCCCCCOOC(=O)C1=C(C)N=C(C)C(C(=O)OOCCCCCC)C1c1ccccc1[N+](=O)[O-]. The van der Waals surface area contributed by atoms with Crippen LogP contribution in [0.4, 0.5) is 5.69 Å². The molecule has 0 radical (unpaired) electrons. The molecule has 2 atom stereocenters. The summed E-state index contributed by atoms with van der Waals surface area (Å²) in [5, 5.41) is 11.9. The Hall–Kier alpha value is -3.11. The Morgan fingerprint density at radius 1 is 0.919 bits per heavy atom. The van der Waals surface area contributed by atoms with Crippen LogP contribution in [-0.2, 0) is 29.1 Å². The van der Waals surface area contributed by atoms with E-state index in [0.29, 0.717) is 12.1 Å². The largest absolute Gasteiger partial charge is 0.371 e. The molecule has 1 aliphatic rings. The van der Waals surface area contributed by atoms with Crippen LogP contribution in [0.5, 0.6) is 0 Å². The summed E-state index contributed by atoms with van der Waals surface area (Å²) >= 11 is 0. The van der Waals surface area contributed by atoms with Crippen LogP contribution in [0.1, 0.15) is 90.5 Å². The number of nitro groups is 1. The normalized spacial score (nSPS) is 17.4. The van der Waals surface area contributed by atoms with Gasteiger partial charge in [-0.25, -0.2) is 9.59 Å². The van der Waals surface area contributed by atoms with Crippen LogP contribution >= 0.6 is 0 Å². The highest BCUT2D eigenvalue weighted by molar-refractivity contribution is 6.07. The molecule has 0 saturated carbocycles. The van der Waals surface area contributed by atoms with Gasteiger partial charge in [0.2, 0.25) is 0 Å². The van der Waals surface area contributed by atoms with Crippen molar-refractivity contribution in [2.24, 2.45) is 10.9 Å². The van der Waals surface area contributed by atoms with E-state index in [1.807, 2.05) is 0 Å². The lowest BCUT2D eigenvalue weighted by Gasteiger charge is -2.30. The van der Waals surface area contributed by atoms with Crippen LogP contribution < -0.4 is 0 Å². The first-order valence-corrected chi connectivity index (χ1v) is 13.0. The van der Waals surface area contributed by atoms with E-state index in [1.165, 1.54) is 18.2 Å². The van der Waals surface area contributed by atoms with Crippen molar-refractivity contribution in [2.75, 3.05) is 13.2 Å². The first kappa shape index (κ1) is 30.1. The molecule has 10 nitrogen and oxygen atoms in total. The highest BCUT2D eigenvalue weighted by Crippen LogP contribution is 2.43. The Morgan fingerprint density at radius 3 is 2.11 bits per heavy atom. The smallest absolute Gasteiger partial charge is 0.298 e. The van der Waals surface area contributed by atoms with Gasteiger partial charge in [0.1, 0.15) is 5.92 Å². The lowest BCUT2D eigenvalue weighted by molar-refractivity contribution is -0.385. The van der Waals surface area contributed by atoms with Crippen LogP contribution in [-0.4, -0.2) is 35.8 Å². The van der Waals surface area contributed by atoms with Crippen LogP contribution in [0.25, 0.3) is 0 Å². The second kappa shape index (κ2) is 15.9. The molecule has 2 unspecified atom stereocenters. The number of rotatable bonds is 16. The first-order chi connectivity index (χ1) is 17.8. The minimum atomic E-state index is -1.13. The summed E-state index contributed by atoms with van der Waals surface area (Å²) < 4.78 is 0. The minimum absolute atomic E-state index is 0.00152. The van der Waals surface area contributed by atoms with E-state index < -0.39 is 28.7 Å². The van der Waals surface area contributed by atoms with Crippen LogP contribution in [0, 0.1) is 16.0 Å². The lowest BCUT2D eigenvalue weighted by Crippen LogP contribution is -2.37. The van der Waals surface area contributed by atoms with E-state index >= 15 is 0 Å². The number of benzene rings is 1. The quantitative estimate of drug-likeness (QED) is 0.110. The van der Waals surface area contributed by atoms with Gasteiger partial charge < -0.3 is 0 Å². The van der Waals surface area contributed by atoms with Crippen molar-refractivity contribution in [1.82, 2.24) is 0 Å². The number of para-hydroxylation sites is 1. The third kappa shape index (κ3) is 8.75. The van der Waals surface area contributed by atoms with Gasteiger partial charge in [-0.15, -0.1) is 0 Å². The molecule has 2 rings (SSSR count). The number of carbonyl (C=O) groups is 2. The van der Waals surface area contributed by atoms with E-state index in [2.05, 4.69) is 18.8 Å². The number of aliphatic imine (C=N–C) groups is 1. The Kier molecular flexibility index (Phi) is 12.9. The van der Waals surface area contributed by atoms with Crippen molar-refractivity contribution < 1.29 is 34.1 Å². The summed E-state index contributed by atoms with van der Waals surface area (Å²) in [6.45, 7) is 7.82.